The fourth-order valence-corrected chi connectivity index (χ4v) is 1.73. The molecular weight excluding hydrogens is 266 g/mol. The van der Waals surface area contributed by atoms with Crippen LogP contribution in [0.15, 0.2) is 42.5 Å². The number of aromatic amines is 2. The lowest BCUT2D eigenvalue weighted by molar-refractivity contribution is 0.309. The molecule has 0 unspecified atom stereocenters. The number of nitrogen functional groups attached to an aromatic ring is 1. The fraction of sp³-hybridized carbons (Fsp3) is 0.250. The van der Waals surface area contributed by atoms with Gasteiger partial charge in [0.1, 0.15) is 11.5 Å². The molecule has 1 aromatic heterocycles. The lowest BCUT2D eigenvalue weighted by Gasteiger charge is -2.06. The minimum atomic E-state index is 0.0999. The topological polar surface area (TPSA) is 87.1 Å². The van der Waals surface area contributed by atoms with Crippen molar-refractivity contribution in [2.75, 3.05) is 12.3 Å². The molecule has 5 N–H and O–H groups in total. The molecule has 0 aliphatic carbocycles. The minimum Gasteiger partial charge on any atom is -0.506 e. The van der Waals surface area contributed by atoms with Gasteiger partial charge in [-0.05, 0) is 30.7 Å². The largest absolute Gasteiger partial charge is 0.506 e. The maximum Gasteiger partial charge on any atom is 0.138 e. The van der Waals surface area contributed by atoms with E-state index in [-0.39, 0.29) is 5.75 Å². The number of fused-ring (bicyclic) bond motifs is 1. The molecule has 0 atom stereocenters. The molecule has 0 aliphatic rings. The van der Waals surface area contributed by atoms with Crippen LogP contribution < -0.4 is 10.5 Å². The monoisotopic (exact) mass is 287 g/mol. The van der Waals surface area contributed by atoms with Gasteiger partial charge >= 0.3 is 0 Å². The van der Waals surface area contributed by atoms with Crippen LogP contribution in [0.5, 0.6) is 11.5 Å². The van der Waals surface area contributed by atoms with Crippen LogP contribution in [0.2, 0.25) is 0 Å². The third-order valence-electron chi connectivity index (χ3n) is 3.02. The van der Waals surface area contributed by atoms with Gasteiger partial charge in [-0.25, -0.2) is 0 Å². The number of anilines is 1. The van der Waals surface area contributed by atoms with Crippen LogP contribution in [0.3, 0.4) is 0 Å². The second-order valence-electron chi connectivity index (χ2n) is 4.72. The van der Waals surface area contributed by atoms with Gasteiger partial charge in [0.15, 0.2) is 0 Å². The molecule has 0 bridgehead atoms. The Bertz CT molecular complexity index is 643. The number of nitrogens with two attached hydrogens (primary N) is 1. The van der Waals surface area contributed by atoms with E-state index >= 15 is 0 Å². The number of phenols is 1. The Hall–Kier alpha value is -2.56. The van der Waals surface area contributed by atoms with Crippen molar-refractivity contribution in [1.82, 2.24) is 10.2 Å². The highest BCUT2D eigenvalue weighted by Gasteiger charge is 1.98. The zero-order chi connectivity index (χ0) is 15.1. The van der Waals surface area contributed by atoms with Crippen LogP contribution in [0.25, 0.3) is 11.0 Å². The molecule has 5 heteroatoms. The third-order valence-corrected chi connectivity index (χ3v) is 3.02. The van der Waals surface area contributed by atoms with E-state index in [4.69, 9.17) is 15.6 Å². The number of benzene rings is 2. The SMILES string of the molecule is CCCCOc1ccc(O)c(N)c1.c1ccc2[nH][nH]c2c1. The zero-order valence-corrected chi connectivity index (χ0v) is 12.1. The Morgan fingerprint density at radius 1 is 1.10 bits per heavy atom. The maximum absolute atomic E-state index is 9.13. The van der Waals surface area contributed by atoms with Crippen molar-refractivity contribution in [2.24, 2.45) is 0 Å². The van der Waals surface area contributed by atoms with Crippen molar-refractivity contribution in [3.8, 4) is 11.5 Å². The summed E-state index contributed by atoms with van der Waals surface area (Å²) in [5.74, 6) is 0.812. The number of rotatable bonds is 4. The van der Waals surface area contributed by atoms with Crippen molar-refractivity contribution in [3.05, 3.63) is 42.5 Å². The number of hydrogen-bond acceptors (Lipinski definition) is 3. The molecule has 0 radical (unpaired) electrons. The minimum absolute atomic E-state index is 0.0999. The Morgan fingerprint density at radius 2 is 1.76 bits per heavy atom. The maximum atomic E-state index is 9.13. The van der Waals surface area contributed by atoms with Gasteiger partial charge in [0.05, 0.1) is 23.3 Å². The number of H-pyrrole nitrogens is 2. The highest BCUT2D eigenvalue weighted by Crippen LogP contribution is 2.24. The molecule has 0 aliphatic heterocycles. The van der Waals surface area contributed by atoms with Gasteiger partial charge in [-0.3, -0.25) is 10.2 Å². The summed E-state index contributed by atoms with van der Waals surface area (Å²) < 4.78 is 5.39. The summed E-state index contributed by atoms with van der Waals surface area (Å²) >= 11 is 0. The van der Waals surface area contributed by atoms with Gasteiger partial charge in [-0.15, -0.1) is 0 Å². The van der Waals surface area contributed by atoms with E-state index in [9.17, 15) is 0 Å². The highest BCUT2D eigenvalue weighted by atomic mass is 16.5. The van der Waals surface area contributed by atoms with Crippen LogP contribution in [-0.4, -0.2) is 21.9 Å². The number of para-hydroxylation sites is 2. The molecule has 0 fully saturated rings. The van der Waals surface area contributed by atoms with Crippen molar-refractivity contribution < 1.29 is 9.84 Å². The Balaban J connectivity index is 0.000000170. The van der Waals surface area contributed by atoms with E-state index in [1.165, 1.54) is 17.1 Å². The van der Waals surface area contributed by atoms with Crippen LogP contribution in [-0.2, 0) is 0 Å². The van der Waals surface area contributed by atoms with E-state index < -0.39 is 0 Å². The first-order valence-electron chi connectivity index (χ1n) is 7.03. The molecule has 2 aromatic carbocycles. The van der Waals surface area contributed by atoms with E-state index in [1.54, 1.807) is 12.1 Å². The Kier molecular flexibility index (Phi) is 5.15. The smallest absolute Gasteiger partial charge is 0.138 e. The third kappa shape index (κ3) is 4.21. The van der Waals surface area contributed by atoms with Crippen molar-refractivity contribution in [3.63, 3.8) is 0 Å². The highest BCUT2D eigenvalue weighted by molar-refractivity contribution is 5.75. The number of aromatic hydroxyl groups is 1. The molecule has 0 saturated heterocycles. The normalized spacial score (nSPS) is 10.1. The van der Waals surface area contributed by atoms with Gasteiger partial charge in [0.25, 0.3) is 0 Å². The average Bonchev–Trinajstić information content (AvgIpc) is 2.45. The van der Waals surface area contributed by atoms with Crippen molar-refractivity contribution >= 4 is 16.7 Å². The first kappa shape index (κ1) is 14.8. The Labute approximate surface area is 123 Å². The van der Waals surface area contributed by atoms with E-state index in [2.05, 4.69) is 17.1 Å². The second-order valence-corrected chi connectivity index (χ2v) is 4.72. The summed E-state index contributed by atoms with van der Waals surface area (Å²) in [6.45, 7) is 2.80. The molecular formula is C16H21N3O2. The predicted molar refractivity (Wildman–Crippen MR) is 85.6 cm³/mol. The van der Waals surface area contributed by atoms with E-state index in [1.807, 2.05) is 24.3 Å². The average molecular weight is 287 g/mol. The number of nitrogens with one attached hydrogen (secondary N) is 2. The summed E-state index contributed by atoms with van der Waals surface area (Å²) in [4.78, 5) is 0. The number of ether oxygens (including phenoxy) is 1. The van der Waals surface area contributed by atoms with E-state index in [0.29, 0.717) is 18.0 Å². The number of unbranched alkanes of at least 4 members (excludes halogenated alkanes) is 1. The first-order chi connectivity index (χ1) is 10.2. The molecule has 1 heterocycles. The summed E-state index contributed by atoms with van der Waals surface area (Å²) in [7, 11) is 0. The lowest BCUT2D eigenvalue weighted by atomic mass is 10.3. The number of phenolic OH excluding ortho intramolecular Hbond substituents is 1. The zero-order valence-electron chi connectivity index (χ0n) is 12.1. The molecule has 0 saturated carbocycles. The summed E-state index contributed by atoms with van der Waals surface area (Å²) in [6, 6.07) is 13.0. The van der Waals surface area contributed by atoms with Crippen LogP contribution in [0.4, 0.5) is 5.69 Å². The quantitative estimate of drug-likeness (QED) is 0.335. The second kappa shape index (κ2) is 7.28. The molecule has 5 nitrogen and oxygen atoms in total. The molecule has 0 amide bonds. The summed E-state index contributed by atoms with van der Waals surface area (Å²) in [5.41, 5.74) is 8.23. The van der Waals surface area contributed by atoms with Gasteiger partial charge in [-0.2, -0.15) is 0 Å². The molecule has 3 aromatic rings. The van der Waals surface area contributed by atoms with Gasteiger partial charge in [-0.1, -0.05) is 25.5 Å². The molecule has 112 valence electrons. The van der Waals surface area contributed by atoms with Crippen LogP contribution in [0, 0.1) is 0 Å². The van der Waals surface area contributed by atoms with Crippen molar-refractivity contribution in [1.29, 1.82) is 0 Å². The van der Waals surface area contributed by atoms with Crippen LogP contribution in [0.1, 0.15) is 19.8 Å². The Morgan fingerprint density at radius 3 is 2.24 bits per heavy atom. The lowest BCUT2D eigenvalue weighted by Crippen LogP contribution is -1.97. The number of hydrogen-bond donors (Lipinski definition) is 4. The van der Waals surface area contributed by atoms with Crippen LogP contribution >= 0.6 is 0 Å². The first-order valence-corrected chi connectivity index (χ1v) is 7.03. The summed E-state index contributed by atoms with van der Waals surface area (Å²) in [6.07, 6.45) is 2.13. The van der Waals surface area contributed by atoms with Gasteiger partial charge < -0.3 is 15.6 Å². The molecule has 3 rings (SSSR count). The molecule has 21 heavy (non-hydrogen) atoms. The van der Waals surface area contributed by atoms with E-state index in [0.717, 1.165) is 12.8 Å². The van der Waals surface area contributed by atoms with Gasteiger partial charge in [0.2, 0.25) is 0 Å². The molecule has 0 spiro atoms. The fourth-order valence-electron chi connectivity index (χ4n) is 1.73. The standard InChI is InChI=1S/C10H15NO2.C6H6N2/c1-2-3-6-13-8-4-5-10(12)9(11)7-8;1-2-4-6-5(3-1)7-8-6/h4-5,7,12H,2-3,6,11H2,1H3;1-4,7-8H. The van der Waals surface area contributed by atoms with Crippen molar-refractivity contribution in [2.45, 2.75) is 19.8 Å². The van der Waals surface area contributed by atoms with Gasteiger partial charge in [0, 0.05) is 6.07 Å². The number of aromatic nitrogens is 2. The summed E-state index contributed by atoms with van der Waals surface area (Å²) in [5, 5.41) is 15.0. The predicted octanol–water partition coefficient (Wildman–Crippen LogP) is 3.65.